The fourth-order valence-electron chi connectivity index (χ4n) is 0.603. The topological polar surface area (TPSA) is 21.6 Å². The molecule has 1 aliphatic heterocycles. The van der Waals surface area contributed by atoms with Crippen LogP contribution < -0.4 is 0 Å². The highest BCUT2D eigenvalue weighted by molar-refractivity contribution is 5.88. The van der Waals surface area contributed by atoms with Crippen LogP contribution in [0.4, 0.5) is 0 Å². The fourth-order valence-corrected chi connectivity index (χ4v) is 0.603. The number of hydrogen-bond donors (Lipinski definition) is 0. The molecule has 0 aromatic heterocycles. The lowest BCUT2D eigenvalue weighted by Crippen LogP contribution is -1.92. The maximum Gasteiger partial charge on any atom is 0.208 e. The Morgan fingerprint density at radius 2 is 2.56 bits per heavy atom. The monoisotopic (exact) mass is 123 g/mol. The van der Waals surface area contributed by atoms with Crippen molar-refractivity contribution in [2.24, 2.45) is 4.99 Å². The SMILES string of the molecule is C=CC=CC1=NCCO1. The standard InChI is InChI=1S/C7H9NO/c1-2-3-4-7-8-5-6-9-7/h2-4H,1,5-6H2. The quantitative estimate of drug-likeness (QED) is 0.505. The first-order chi connectivity index (χ1) is 4.43. The first-order valence-electron chi connectivity index (χ1n) is 2.90. The molecule has 0 aliphatic carbocycles. The van der Waals surface area contributed by atoms with E-state index in [0.29, 0.717) is 0 Å². The van der Waals surface area contributed by atoms with E-state index in [2.05, 4.69) is 11.6 Å². The molecule has 0 N–H and O–H groups in total. The van der Waals surface area contributed by atoms with Crippen molar-refractivity contribution in [2.75, 3.05) is 13.2 Å². The highest BCUT2D eigenvalue weighted by Crippen LogP contribution is 1.94. The highest BCUT2D eigenvalue weighted by Gasteiger charge is 2.00. The molecule has 0 aromatic carbocycles. The number of allylic oxidation sites excluding steroid dienone is 2. The summed E-state index contributed by atoms with van der Waals surface area (Å²) in [5, 5.41) is 0. The second kappa shape index (κ2) is 3.07. The fraction of sp³-hybridized carbons (Fsp3) is 0.286. The van der Waals surface area contributed by atoms with Crippen molar-refractivity contribution >= 4 is 5.90 Å². The van der Waals surface area contributed by atoms with Crippen molar-refractivity contribution in [2.45, 2.75) is 0 Å². The van der Waals surface area contributed by atoms with Gasteiger partial charge in [-0.25, -0.2) is 4.99 Å². The van der Waals surface area contributed by atoms with E-state index in [1.807, 2.05) is 6.08 Å². The molecule has 9 heavy (non-hydrogen) atoms. The summed E-state index contributed by atoms with van der Waals surface area (Å²) in [6.45, 7) is 5.03. The summed E-state index contributed by atoms with van der Waals surface area (Å²) in [4.78, 5) is 4.03. The van der Waals surface area contributed by atoms with Crippen molar-refractivity contribution in [1.82, 2.24) is 0 Å². The molecule has 0 saturated carbocycles. The van der Waals surface area contributed by atoms with E-state index in [-0.39, 0.29) is 0 Å². The molecule has 1 rings (SSSR count). The molecule has 0 atom stereocenters. The van der Waals surface area contributed by atoms with Gasteiger partial charge in [-0.3, -0.25) is 0 Å². The van der Waals surface area contributed by atoms with E-state index >= 15 is 0 Å². The molecular formula is C7H9NO. The molecule has 0 spiro atoms. The lowest BCUT2D eigenvalue weighted by atomic mass is 10.5. The van der Waals surface area contributed by atoms with Gasteiger partial charge >= 0.3 is 0 Å². The van der Waals surface area contributed by atoms with Crippen molar-refractivity contribution < 1.29 is 4.74 Å². The second-order valence-corrected chi connectivity index (χ2v) is 1.66. The molecule has 0 fully saturated rings. The van der Waals surface area contributed by atoms with Crippen LogP contribution in [0.2, 0.25) is 0 Å². The van der Waals surface area contributed by atoms with Gasteiger partial charge in [0.15, 0.2) is 0 Å². The van der Waals surface area contributed by atoms with Crippen molar-refractivity contribution in [3.8, 4) is 0 Å². The minimum absolute atomic E-state index is 0.718. The van der Waals surface area contributed by atoms with Crippen molar-refractivity contribution in [3.05, 3.63) is 24.8 Å². The Balaban J connectivity index is 2.42. The molecule has 48 valence electrons. The maximum absolute atomic E-state index is 5.07. The summed E-state index contributed by atoms with van der Waals surface area (Å²) in [6.07, 6.45) is 5.31. The molecule has 2 nitrogen and oxygen atoms in total. The van der Waals surface area contributed by atoms with E-state index < -0.39 is 0 Å². The van der Waals surface area contributed by atoms with E-state index in [0.717, 1.165) is 19.0 Å². The summed E-state index contributed by atoms with van der Waals surface area (Å²) in [6, 6.07) is 0. The van der Waals surface area contributed by atoms with E-state index in [1.54, 1.807) is 12.2 Å². The molecule has 0 saturated heterocycles. The Kier molecular flexibility index (Phi) is 2.07. The first kappa shape index (κ1) is 6.08. The van der Waals surface area contributed by atoms with Gasteiger partial charge in [-0.05, 0) is 6.08 Å². The number of rotatable bonds is 2. The minimum Gasteiger partial charge on any atom is -0.476 e. The second-order valence-electron chi connectivity index (χ2n) is 1.66. The third-order valence-electron chi connectivity index (χ3n) is 0.984. The van der Waals surface area contributed by atoms with Gasteiger partial charge in [-0.2, -0.15) is 0 Å². The number of hydrogen-bond acceptors (Lipinski definition) is 2. The predicted octanol–water partition coefficient (Wildman–Crippen LogP) is 1.16. The average Bonchev–Trinajstić information content (AvgIpc) is 2.34. The lowest BCUT2D eigenvalue weighted by molar-refractivity contribution is 0.350. The molecule has 0 bridgehead atoms. The van der Waals surface area contributed by atoms with Crippen molar-refractivity contribution in [1.29, 1.82) is 0 Å². The summed E-state index contributed by atoms with van der Waals surface area (Å²) in [7, 11) is 0. The summed E-state index contributed by atoms with van der Waals surface area (Å²) >= 11 is 0. The van der Waals surface area contributed by atoms with Gasteiger partial charge in [0.25, 0.3) is 0 Å². The van der Waals surface area contributed by atoms with Crippen LogP contribution in [-0.4, -0.2) is 19.0 Å². The smallest absolute Gasteiger partial charge is 0.208 e. The van der Waals surface area contributed by atoms with Gasteiger partial charge in [0.05, 0.1) is 6.54 Å². The number of ether oxygens (including phenoxy) is 1. The summed E-state index contributed by atoms with van der Waals surface area (Å²) < 4.78 is 5.07. The minimum atomic E-state index is 0.718. The zero-order chi connectivity index (χ0) is 6.53. The van der Waals surface area contributed by atoms with Gasteiger partial charge in [0, 0.05) is 0 Å². The van der Waals surface area contributed by atoms with Crippen LogP contribution in [0.15, 0.2) is 29.8 Å². The van der Waals surface area contributed by atoms with Crippen molar-refractivity contribution in [3.63, 3.8) is 0 Å². The van der Waals surface area contributed by atoms with Crippen LogP contribution in [-0.2, 0) is 4.74 Å². The Morgan fingerprint density at radius 1 is 1.67 bits per heavy atom. The molecule has 0 amide bonds. The molecular weight excluding hydrogens is 114 g/mol. The lowest BCUT2D eigenvalue weighted by Gasteiger charge is -1.89. The first-order valence-corrected chi connectivity index (χ1v) is 2.90. The van der Waals surface area contributed by atoms with E-state index in [4.69, 9.17) is 4.74 Å². The normalized spacial score (nSPS) is 17.6. The molecule has 0 unspecified atom stereocenters. The molecule has 1 heterocycles. The van der Waals surface area contributed by atoms with Gasteiger partial charge in [-0.1, -0.05) is 18.7 Å². The Labute approximate surface area is 54.6 Å². The van der Waals surface area contributed by atoms with E-state index in [9.17, 15) is 0 Å². The Morgan fingerprint density at radius 3 is 3.11 bits per heavy atom. The molecule has 1 aliphatic rings. The van der Waals surface area contributed by atoms with E-state index in [1.165, 1.54) is 0 Å². The van der Waals surface area contributed by atoms with Gasteiger partial charge < -0.3 is 4.74 Å². The van der Waals surface area contributed by atoms with Gasteiger partial charge in [0.1, 0.15) is 6.61 Å². The van der Waals surface area contributed by atoms with Crippen LogP contribution in [0.5, 0.6) is 0 Å². The summed E-state index contributed by atoms with van der Waals surface area (Å²) in [5.41, 5.74) is 0. The number of nitrogens with zero attached hydrogens (tertiary/aromatic N) is 1. The zero-order valence-corrected chi connectivity index (χ0v) is 5.21. The van der Waals surface area contributed by atoms with Crippen LogP contribution in [0.1, 0.15) is 0 Å². The number of aliphatic imine (C=N–C) groups is 1. The molecule has 0 radical (unpaired) electrons. The van der Waals surface area contributed by atoms with Crippen LogP contribution in [0, 0.1) is 0 Å². The average molecular weight is 123 g/mol. The van der Waals surface area contributed by atoms with Gasteiger partial charge in [-0.15, -0.1) is 0 Å². The van der Waals surface area contributed by atoms with Crippen LogP contribution >= 0.6 is 0 Å². The largest absolute Gasteiger partial charge is 0.476 e. The molecule has 2 heteroatoms. The third kappa shape index (κ3) is 1.72. The Bertz CT molecular complexity index is 158. The zero-order valence-electron chi connectivity index (χ0n) is 5.21. The predicted molar refractivity (Wildman–Crippen MR) is 37.6 cm³/mol. The maximum atomic E-state index is 5.07. The highest BCUT2D eigenvalue weighted by atomic mass is 16.5. The van der Waals surface area contributed by atoms with Crippen LogP contribution in [0.25, 0.3) is 0 Å². The molecule has 0 aromatic rings. The third-order valence-corrected chi connectivity index (χ3v) is 0.984. The summed E-state index contributed by atoms with van der Waals surface area (Å²) in [5.74, 6) is 0.718. The Hall–Kier alpha value is -1.05. The van der Waals surface area contributed by atoms with Crippen LogP contribution in [0.3, 0.4) is 0 Å². The van der Waals surface area contributed by atoms with Gasteiger partial charge in [0.2, 0.25) is 5.90 Å².